The summed E-state index contributed by atoms with van der Waals surface area (Å²) in [6, 6.07) is 17.9. The van der Waals surface area contributed by atoms with Gasteiger partial charge in [0.2, 0.25) is 0 Å². The first kappa shape index (κ1) is 16.9. The molecule has 1 aromatic heterocycles. The lowest BCUT2D eigenvalue weighted by molar-refractivity contribution is 0.0932. The van der Waals surface area contributed by atoms with E-state index in [2.05, 4.69) is 22.5 Å². The van der Waals surface area contributed by atoms with Crippen LogP contribution in [0, 0.1) is 6.92 Å². The van der Waals surface area contributed by atoms with Crippen LogP contribution in [0.15, 0.2) is 54.6 Å². The molecule has 1 amide bonds. The molecule has 1 N–H and O–H groups in total. The zero-order chi connectivity index (χ0) is 18.1. The lowest BCUT2D eigenvalue weighted by atomic mass is 9.87. The molecular formula is C21H20ClN3O. The highest BCUT2D eigenvalue weighted by molar-refractivity contribution is 6.33. The van der Waals surface area contributed by atoms with Crippen LogP contribution >= 0.6 is 11.6 Å². The van der Waals surface area contributed by atoms with Gasteiger partial charge >= 0.3 is 0 Å². The van der Waals surface area contributed by atoms with Crippen molar-refractivity contribution in [2.75, 3.05) is 0 Å². The van der Waals surface area contributed by atoms with E-state index in [1.54, 1.807) is 4.68 Å². The van der Waals surface area contributed by atoms with Crippen molar-refractivity contribution in [2.24, 2.45) is 0 Å². The summed E-state index contributed by atoms with van der Waals surface area (Å²) in [5, 5.41) is 7.97. The molecule has 4 nitrogen and oxygen atoms in total. The summed E-state index contributed by atoms with van der Waals surface area (Å²) in [5.74, 6) is -0.170. The number of halogens is 1. The number of benzene rings is 2. The maximum absolute atomic E-state index is 13.0. The Labute approximate surface area is 157 Å². The first-order valence-electron chi connectivity index (χ1n) is 8.84. The van der Waals surface area contributed by atoms with Crippen LogP contribution in [0.2, 0.25) is 5.15 Å². The molecule has 4 rings (SSSR count). The Balaban J connectivity index is 1.63. The van der Waals surface area contributed by atoms with Gasteiger partial charge in [0.25, 0.3) is 5.91 Å². The molecule has 0 radical (unpaired) electrons. The maximum Gasteiger partial charge on any atom is 0.256 e. The van der Waals surface area contributed by atoms with E-state index in [0.717, 1.165) is 24.9 Å². The summed E-state index contributed by atoms with van der Waals surface area (Å²) in [6.45, 7) is 1.81. The van der Waals surface area contributed by atoms with E-state index in [-0.39, 0.29) is 11.9 Å². The molecule has 2 aromatic carbocycles. The molecule has 5 heteroatoms. The van der Waals surface area contributed by atoms with Crippen LogP contribution in [0.3, 0.4) is 0 Å². The second kappa shape index (κ2) is 6.96. The van der Waals surface area contributed by atoms with Crippen LogP contribution in [-0.4, -0.2) is 15.7 Å². The monoisotopic (exact) mass is 365 g/mol. The molecule has 3 aromatic rings. The number of nitrogens with one attached hydrogen (secondary N) is 1. The second-order valence-corrected chi connectivity index (χ2v) is 6.97. The molecule has 0 fully saturated rings. The number of para-hydroxylation sites is 1. The molecule has 0 unspecified atom stereocenters. The average Bonchev–Trinajstić information content (AvgIpc) is 2.97. The average molecular weight is 366 g/mol. The molecule has 0 saturated heterocycles. The van der Waals surface area contributed by atoms with Gasteiger partial charge in [-0.1, -0.05) is 54.1 Å². The third-order valence-corrected chi connectivity index (χ3v) is 5.26. The third kappa shape index (κ3) is 3.01. The fourth-order valence-corrected chi connectivity index (χ4v) is 3.99. The Morgan fingerprint density at radius 1 is 1.15 bits per heavy atom. The van der Waals surface area contributed by atoms with Crippen LogP contribution in [0.1, 0.15) is 46.1 Å². The molecule has 0 spiro atoms. The van der Waals surface area contributed by atoms with E-state index in [4.69, 9.17) is 11.6 Å². The Morgan fingerprint density at radius 2 is 1.88 bits per heavy atom. The number of fused-ring (bicyclic) bond motifs is 1. The van der Waals surface area contributed by atoms with E-state index >= 15 is 0 Å². The van der Waals surface area contributed by atoms with Gasteiger partial charge in [-0.25, -0.2) is 4.68 Å². The number of amides is 1. The second-order valence-electron chi connectivity index (χ2n) is 6.62. The number of carbonyl (C=O) groups excluding carboxylic acids is 1. The molecule has 1 atom stereocenters. The van der Waals surface area contributed by atoms with Gasteiger partial charge in [0.1, 0.15) is 5.15 Å². The molecule has 1 heterocycles. The van der Waals surface area contributed by atoms with Gasteiger partial charge in [-0.2, -0.15) is 5.10 Å². The van der Waals surface area contributed by atoms with Crippen molar-refractivity contribution in [2.45, 2.75) is 32.2 Å². The minimum atomic E-state index is -0.170. The maximum atomic E-state index is 13.0. The molecule has 0 aliphatic heterocycles. The highest BCUT2D eigenvalue weighted by Gasteiger charge is 2.26. The summed E-state index contributed by atoms with van der Waals surface area (Å²) in [4.78, 5) is 13.0. The summed E-state index contributed by atoms with van der Waals surface area (Å²) in [5.41, 5.74) is 4.42. The normalized spacial score (nSPS) is 16.2. The Morgan fingerprint density at radius 3 is 2.69 bits per heavy atom. The third-order valence-electron chi connectivity index (χ3n) is 4.91. The van der Waals surface area contributed by atoms with Crippen molar-refractivity contribution < 1.29 is 4.79 Å². The van der Waals surface area contributed by atoms with Gasteiger partial charge in [0.15, 0.2) is 0 Å². The SMILES string of the molecule is Cc1nn(-c2ccccc2)c(Cl)c1C(=O)N[C@H]1CCCc2ccccc21. The highest BCUT2D eigenvalue weighted by Crippen LogP contribution is 2.31. The van der Waals surface area contributed by atoms with Crippen molar-refractivity contribution in [1.29, 1.82) is 0 Å². The Kier molecular flexibility index (Phi) is 4.51. The summed E-state index contributed by atoms with van der Waals surface area (Å²) < 4.78 is 1.61. The lowest BCUT2D eigenvalue weighted by Gasteiger charge is -2.26. The molecule has 26 heavy (non-hydrogen) atoms. The van der Waals surface area contributed by atoms with Gasteiger partial charge in [-0.3, -0.25) is 4.79 Å². The fraction of sp³-hybridized carbons (Fsp3) is 0.238. The van der Waals surface area contributed by atoms with Gasteiger partial charge in [0, 0.05) is 0 Å². The van der Waals surface area contributed by atoms with Crippen LogP contribution in [-0.2, 0) is 6.42 Å². The minimum absolute atomic E-state index is 0.0167. The van der Waals surface area contributed by atoms with E-state index < -0.39 is 0 Å². The number of aryl methyl sites for hydroxylation is 2. The lowest BCUT2D eigenvalue weighted by Crippen LogP contribution is -2.31. The van der Waals surface area contributed by atoms with Crippen LogP contribution in [0.25, 0.3) is 5.69 Å². The van der Waals surface area contributed by atoms with Crippen molar-refractivity contribution in [1.82, 2.24) is 15.1 Å². The topological polar surface area (TPSA) is 46.9 Å². The van der Waals surface area contributed by atoms with Crippen molar-refractivity contribution in [3.63, 3.8) is 0 Å². The number of nitrogens with zero attached hydrogens (tertiary/aromatic N) is 2. The summed E-state index contributed by atoms with van der Waals surface area (Å²) >= 11 is 6.52. The van der Waals surface area contributed by atoms with Crippen molar-refractivity contribution in [3.8, 4) is 5.69 Å². The number of hydrogen-bond acceptors (Lipinski definition) is 2. The molecular weight excluding hydrogens is 346 g/mol. The minimum Gasteiger partial charge on any atom is -0.345 e. The van der Waals surface area contributed by atoms with Crippen LogP contribution in [0.4, 0.5) is 0 Å². The fourth-order valence-electron chi connectivity index (χ4n) is 3.63. The zero-order valence-electron chi connectivity index (χ0n) is 14.6. The Bertz CT molecular complexity index is 949. The molecule has 1 aliphatic rings. The van der Waals surface area contributed by atoms with E-state index in [1.807, 2.05) is 49.4 Å². The first-order chi connectivity index (χ1) is 12.6. The molecule has 132 valence electrons. The van der Waals surface area contributed by atoms with Crippen molar-refractivity contribution in [3.05, 3.63) is 82.1 Å². The highest BCUT2D eigenvalue weighted by atomic mass is 35.5. The standard InChI is InChI=1S/C21H20ClN3O/c1-14-19(20(22)25(24-14)16-10-3-2-4-11-16)21(26)23-18-13-7-9-15-8-5-6-12-17(15)18/h2-6,8,10-12,18H,7,9,13H2,1H3,(H,23,26)/t18-/m0/s1. The molecule has 0 saturated carbocycles. The summed E-state index contributed by atoms with van der Waals surface area (Å²) in [7, 11) is 0. The van der Waals surface area contributed by atoms with E-state index in [1.165, 1.54) is 11.1 Å². The predicted molar refractivity (Wildman–Crippen MR) is 103 cm³/mol. The largest absolute Gasteiger partial charge is 0.345 e. The smallest absolute Gasteiger partial charge is 0.256 e. The van der Waals surface area contributed by atoms with Gasteiger partial charge in [-0.15, -0.1) is 0 Å². The first-order valence-corrected chi connectivity index (χ1v) is 9.22. The number of aromatic nitrogens is 2. The predicted octanol–water partition coefficient (Wildman–Crippen LogP) is 4.64. The number of rotatable bonds is 3. The number of hydrogen-bond donors (Lipinski definition) is 1. The van der Waals surface area contributed by atoms with Gasteiger partial charge < -0.3 is 5.32 Å². The van der Waals surface area contributed by atoms with Gasteiger partial charge in [-0.05, 0) is 49.4 Å². The van der Waals surface area contributed by atoms with Crippen LogP contribution in [0.5, 0.6) is 0 Å². The number of carbonyl (C=O) groups is 1. The van der Waals surface area contributed by atoms with Crippen molar-refractivity contribution >= 4 is 17.5 Å². The summed E-state index contributed by atoms with van der Waals surface area (Å²) in [6.07, 6.45) is 3.07. The quantitative estimate of drug-likeness (QED) is 0.734. The van der Waals surface area contributed by atoms with E-state index in [9.17, 15) is 4.79 Å². The molecule has 1 aliphatic carbocycles. The van der Waals surface area contributed by atoms with Crippen LogP contribution < -0.4 is 5.32 Å². The van der Waals surface area contributed by atoms with E-state index in [0.29, 0.717) is 16.4 Å². The Hall–Kier alpha value is -2.59. The van der Waals surface area contributed by atoms with Gasteiger partial charge in [0.05, 0.1) is 23.0 Å². The molecule has 0 bridgehead atoms. The zero-order valence-corrected chi connectivity index (χ0v) is 15.3.